The van der Waals surface area contributed by atoms with E-state index in [4.69, 9.17) is 17.3 Å². The first-order chi connectivity index (χ1) is 9.85. The Labute approximate surface area is 137 Å². The van der Waals surface area contributed by atoms with E-state index in [9.17, 15) is 8.42 Å². The number of halogens is 2. The highest BCUT2D eigenvalue weighted by molar-refractivity contribution is 9.10. The largest absolute Gasteiger partial charge is 0.399 e. The Hall–Kier alpha value is -1.24. The zero-order valence-corrected chi connectivity index (χ0v) is 14.4. The molecule has 2 rings (SSSR count). The molecule has 3 N–H and O–H groups in total. The Morgan fingerprint density at radius 2 is 2.00 bits per heavy atom. The van der Waals surface area contributed by atoms with Gasteiger partial charge in [-0.25, -0.2) is 8.42 Å². The number of sulfonamides is 1. The zero-order valence-electron chi connectivity index (χ0n) is 11.2. The summed E-state index contributed by atoms with van der Waals surface area (Å²) in [5, 5.41) is 0.429. The fourth-order valence-corrected chi connectivity index (χ4v) is 3.98. The minimum absolute atomic E-state index is 0.178. The molecule has 4 nitrogen and oxygen atoms in total. The minimum atomic E-state index is -3.74. The number of nitrogen functional groups attached to an aromatic ring is 1. The van der Waals surface area contributed by atoms with E-state index in [2.05, 4.69) is 20.7 Å². The summed E-state index contributed by atoms with van der Waals surface area (Å²) >= 11 is 9.24. The number of aryl methyl sites for hydroxylation is 1. The van der Waals surface area contributed by atoms with Gasteiger partial charge in [0, 0.05) is 5.69 Å². The molecule has 0 unspecified atom stereocenters. The SMILES string of the molecule is CCc1ccc(N)cc1S(=O)(=O)Nc1cccc(Cl)c1Br. The van der Waals surface area contributed by atoms with Crippen LogP contribution >= 0.6 is 27.5 Å². The van der Waals surface area contributed by atoms with E-state index in [1.165, 1.54) is 6.07 Å². The Kier molecular flexibility index (Phi) is 4.81. The van der Waals surface area contributed by atoms with Crippen LogP contribution in [-0.4, -0.2) is 8.42 Å². The Balaban J connectivity index is 2.48. The zero-order chi connectivity index (χ0) is 15.6. The summed E-state index contributed by atoms with van der Waals surface area (Å²) in [6, 6.07) is 9.83. The molecular formula is C14H14BrClN2O2S. The van der Waals surface area contributed by atoms with Crippen molar-refractivity contribution in [2.45, 2.75) is 18.2 Å². The molecule has 0 radical (unpaired) electrons. The highest BCUT2D eigenvalue weighted by Gasteiger charge is 2.20. The standard InChI is InChI=1S/C14H14BrClN2O2S/c1-2-9-6-7-10(17)8-13(9)21(19,20)18-12-5-3-4-11(16)14(12)15/h3-8,18H,2,17H2,1H3. The second-order valence-corrected chi connectivity index (χ2v) is 7.28. The number of hydrogen-bond acceptors (Lipinski definition) is 3. The Bertz CT molecular complexity index is 779. The Morgan fingerprint density at radius 1 is 1.29 bits per heavy atom. The predicted molar refractivity (Wildman–Crippen MR) is 90.2 cm³/mol. The van der Waals surface area contributed by atoms with E-state index >= 15 is 0 Å². The van der Waals surface area contributed by atoms with Gasteiger partial charge in [0.25, 0.3) is 10.0 Å². The first-order valence-electron chi connectivity index (χ1n) is 6.20. The van der Waals surface area contributed by atoms with Gasteiger partial charge in [-0.05, 0) is 52.2 Å². The molecule has 0 saturated carbocycles. The predicted octanol–water partition coefficient (Wildman–Crippen LogP) is 4.05. The number of anilines is 2. The normalized spacial score (nSPS) is 11.4. The van der Waals surface area contributed by atoms with Gasteiger partial charge in [0.2, 0.25) is 0 Å². The maximum absolute atomic E-state index is 12.6. The molecule has 0 aliphatic carbocycles. The van der Waals surface area contributed by atoms with Gasteiger partial charge in [-0.1, -0.05) is 30.7 Å². The smallest absolute Gasteiger partial charge is 0.262 e. The molecule has 0 aromatic heterocycles. The van der Waals surface area contributed by atoms with Crippen molar-refractivity contribution in [2.24, 2.45) is 0 Å². The molecule has 0 aliphatic rings. The lowest BCUT2D eigenvalue weighted by molar-refractivity contribution is 0.600. The molecule has 0 bridgehead atoms. The molecule has 0 amide bonds. The van der Waals surface area contributed by atoms with E-state index in [1.807, 2.05) is 6.92 Å². The van der Waals surface area contributed by atoms with Gasteiger partial charge in [-0.2, -0.15) is 0 Å². The van der Waals surface area contributed by atoms with Gasteiger partial charge in [-0.15, -0.1) is 0 Å². The van der Waals surface area contributed by atoms with Crippen molar-refractivity contribution in [1.29, 1.82) is 0 Å². The number of hydrogen-bond donors (Lipinski definition) is 2. The third-order valence-corrected chi connectivity index (χ3v) is 5.80. The summed E-state index contributed by atoms with van der Waals surface area (Å²) in [5.41, 5.74) is 7.19. The molecule has 0 spiro atoms. The van der Waals surface area contributed by atoms with Crippen molar-refractivity contribution >= 4 is 48.9 Å². The van der Waals surface area contributed by atoms with Crippen LogP contribution < -0.4 is 10.5 Å². The fraction of sp³-hybridized carbons (Fsp3) is 0.143. The second kappa shape index (κ2) is 6.25. The molecule has 0 fully saturated rings. The van der Waals surface area contributed by atoms with Crippen LogP contribution in [0.3, 0.4) is 0 Å². The summed E-state index contributed by atoms with van der Waals surface area (Å²) in [5.74, 6) is 0. The topological polar surface area (TPSA) is 72.2 Å². The van der Waals surface area contributed by atoms with Crippen LogP contribution in [0.5, 0.6) is 0 Å². The van der Waals surface area contributed by atoms with Gasteiger partial charge in [0.1, 0.15) is 0 Å². The molecule has 112 valence electrons. The first-order valence-corrected chi connectivity index (χ1v) is 8.86. The van der Waals surface area contributed by atoms with E-state index < -0.39 is 10.0 Å². The summed E-state index contributed by atoms with van der Waals surface area (Å²) in [7, 11) is -3.74. The van der Waals surface area contributed by atoms with Crippen LogP contribution in [0.25, 0.3) is 0 Å². The van der Waals surface area contributed by atoms with Crippen LogP contribution in [-0.2, 0) is 16.4 Å². The van der Waals surface area contributed by atoms with Crippen molar-refractivity contribution in [1.82, 2.24) is 0 Å². The summed E-state index contributed by atoms with van der Waals surface area (Å²) < 4.78 is 28.2. The molecular weight excluding hydrogens is 376 g/mol. The van der Waals surface area contributed by atoms with Gasteiger partial charge in [-0.3, -0.25) is 4.72 Å². The van der Waals surface area contributed by atoms with Gasteiger partial charge in [0.05, 0.1) is 20.1 Å². The van der Waals surface area contributed by atoms with Gasteiger partial charge in [0.15, 0.2) is 0 Å². The lowest BCUT2D eigenvalue weighted by atomic mass is 10.1. The highest BCUT2D eigenvalue weighted by Crippen LogP contribution is 2.32. The van der Waals surface area contributed by atoms with Crippen molar-refractivity contribution in [3.63, 3.8) is 0 Å². The molecule has 0 atom stereocenters. The van der Waals surface area contributed by atoms with Crippen molar-refractivity contribution in [3.05, 3.63) is 51.5 Å². The van der Waals surface area contributed by atoms with Gasteiger partial charge < -0.3 is 5.73 Å². The second-order valence-electron chi connectivity index (χ2n) is 4.43. The molecule has 0 saturated heterocycles. The summed E-state index contributed by atoms with van der Waals surface area (Å²) in [4.78, 5) is 0.178. The third-order valence-electron chi connectivity index (χ3n) is 2.96. The summed E-state index contributed by atoms with van der Waals surface area (Å²) in [6.07, 6.45) is 0.591. The molecule has 7 heteroatoms. The molecule has 0 aliphatic heterocycles. The van der Waals surface area contributed by atoms with E-state index in [0.29, 0.717) is 32.9 Å². The first kappa shape index (κ1) is 16.1. The Morgan fingerprint density at radius 3 is 2.67 bits per heavy atom. The quantitative estimate of drug-likeness (QED) is 0.775. The fourth-order valence-electron chi connectivity index (χ4n) is 1.90. The average molecular weight is 390 g/mol. The van der Waals surface area contributed by atoms with Crippen LogP contribution in [0, 0.1) is 0 Å². The lowest BCUT2D eigenvalue weighted by Crippen LogP contribution is -2.15. The van der Waals surface area contributed by atoms with Crippen molar-refractivity contribution < 1.29 is 8.42 Å². The van der Waals surface area contributed by atoms with Crippen molar-refractivity contribution in [3.8, 4) is 0 Å². The minimum Gasteiger partial charge on any atom is -0.399 e. The van der Waals surface area contributed by atoms with Crippen LogP contribution in [0.15, 0.2) is 45.8 Å². The average Bonchev–Trinajstić information content (AvgIpc) is 2.44. The number of rotatable bonds is 4. The van der Waals surface area contributed by atoms with E-state index in [1.54, 1.807) is 30.3 Å². The van der Waals surface area contributed by atoms with Crippen LogP contribution in [0.4, 0.5) is 11.4 Å². The maximum atomic E-state index is 12.6. The summed E-state index contributed by atoms with van der Waals surface area (Å²) in [6.45, 7) is 1.89. The van der Waals surface area contributed by atoms with Crippen molar-refractivity contribution in [2.75, 3.05) is 10.5 Å². The highest BCUT2D eigenvalue weighted by atomic mass is 79.9. The number of benzene rings is 2. The molecule has 2 aromatic rings. The van der Waals surface area contributed by atoms with E-state index in [0.717, 1.165) is 0 Å². The van der Waals surface area contributed by atoms with Crippen LogP contribution in [0.2, 0.25) is 5.02 Å². The molecule has 0 heterocycles. The maximum Gasteiger partial charge on any atom is 0.262 e. The monoisotopic (exact) mass is 388 g/mol. The lowest BCUT2D eigenvalue weighted by Gasteiger charge is -2.13. The number of nitrogens with two attached hydrogens (primary N) is 1. The van der Waals surface area contributed by atoms with Crippen LogP contribution in [0.1, 0.15) is 12.5 Å². The van der Waals surface area contributed by atoms with Gasteiger partial charge >= 0.3 is 0 Å². The number of nitrogens with one attached hydrogen (secondary N) is 1. The molecule has 2 aromatic carbocycles. The molecule has 21 heavy (non-hydrogen) atoms. The third kappa shape index (κ3) is 3.51. The van der Waals surface area contributed by atoms with E-state index in [-0.39, 0.29) is 4.90 Å².